The molecule has 0 saturated carbocycles. The first-order valence-corrected chi connectivity index (χ1v) is 6.80. The number of aryl methyl sites for hydroxylation is 1. The van der Waals surface area contributed by atoms with Gasteiger partial charge in [0.2, 0.25) is 0 Å². The summed E-state index contributed by atoms with van der Waals surface area (Å²) in [5.74, 6) is 0.129. The molecule has 2 rings (SSSR count). The molecule has 0 aliphatic carbocycles. The monoisotopic (exact) mass is 321 g/mol. The first-order valence-electron chi connectivity index (χ1n) is 6.01. The average molecular weight is 322 g/mol. The van der Waals surface area contributed by atoms with Crippen LogP contribution in [0.5, 0.6) is 11.5 Å². The Labute approximate surface area is 121 Å². The van der Waals surface area contributed by atoms with E-state index < -0.39 is 0 Å². The van der Waals surface area contributed by atoms with E-state index in [0.29, 0.717) is 0 Å². The molecule has 3 nitrogen and oxygen atoms in total. The molecule has 0 heterocycles. The van der Waals surface area contributed by atoms with Crippen molar-refractivity contribution in [1.29, 1.82) is 0 Å². The van der Waals surface area contributed by atoms with E-state index in [0.717, 1.165) is 21.3 Å². The molecule has 0 aliphatic heterocycles. The van der Waals surface area contributed by atoms with Gasteiger partial charge in [0.1, 0.15) is 11.5 Å². The van der Waals surface area contributed by atoms with Gasteiger partial charge in [0.05, 0.1) is 0 Å². The number of halogens is 1. The number of hydrogen-bond acceptors (Lipinski definition) is 3. The molecule has 0 aromatic heterocycles. The largest absolute Gasteiger partial charge is 0.508 e. The van der Waals surface area contributed by atoms with Crippen molar-refractivity contribution in [1.82, 2.24) is 0 Å². The molecular weight excluding hydrogens is 306 g/mol. The molecule has 0 amide bonds. The number of phenols is 2. The topological polar surface area (TPSA) is 52.5 Å². The Morgan fingerprint density at radius 3 is 2.32 bits per heavy atom. The molecule has 2 aromatic carbocycles. The third-order valence-electron chi connectivity index (χ3n) is 3.00. The van der Waals surface area contributed by atoms with Gasteiger partial charge in [-0.3, -0.25) is 0 Å². The third-order valence-corrected chi connectivity index (χ3v) is 3.49. The number of anilines is 1. The van der Waals surface area contributed by atoms with Crippen LogP contribution in [0.4, 0.5) is 5.69 Å². The maximum Gasteiger partial charge on any atom is 0.119 e. The predicted molar refractivity (Wildman–Crippen MR) is 80.7 cm³/mol. The van der Waals surface area contributed by atoms with Crippen LogP contribution in [0.25, 0.3) is 0 Å². The van der Waals surface area contributed by atoms with Crippen LogP contribution in [0.3, 0.4) is 0 Å². The second-order valence-corrected chi connectivity index (χ2v) is 5.52. The number of nitrogens with one attached hydrogen (secondary N) is 1. The van der Waals surface area contributed by atoms with E-state index in [9.17, 15) is 10.2 Å². The lowest BCUT2D eigenvalue weighted by atomic mass is 10.1. The molecule has 0 spiro atoms. The summed E-state index contributed by atoms with van der Waals surface area (Å²) in [7, 11) is 0. The molecule has 2 aromatic rings. The van der Waals surface area contributed by atoms with Crippen molar-refractivity contribution in [2.24, 2.45) is 0 Å². The Kier molecular flexibility index (Phi) is 4.00. The molecule has 0 radical (unpaired) electrons. The SMILES string of the molecule is Cc1ccc(Br)cc1NC(C)c1cc(O)cc(O)c1. The number of aromatic hydroxyl groups is 2. The van der Waals surface area contributed by atoms with Crippen LogP contribution in [0.15, 0.2) is 40.9 Å². The normalized spacial score (nSPS) is 12.2. The second kappa shape index (κ2) is 5.53. The van der Waals surface area contributed by atoms with Gasteiger partial charge in [-0.25, -0.2) is 0 Å². The molecule has 1 unspecified atom stereocenters. The Balaban J connectivity index is 2.25. The van der Waals surface area contributed by atoms with Crippen molar-refractivity contribution >= 4 is 21.6 Å². The van der Waals surface area contributed by atoms with E-state index in [2.05, 4.69) is 21.2 Å². The fourth-order valence-corrected chi connectivity index (χ4v) is 2.30. The van der Waals surface area contributed by atoms with Gasteiger partial charge < -0.3 is 15.5 Å². The van der Waals surface area contributed by atoms with E-state index in [1.165, 1.54) is 6.07 Å². The summed E-state index contributed by atoms with van der Waals surface area (Å²) in [4.78, 5) is 0. The summed E-state index contributed by atoms with van der Waals surface area (Å²) in [5, 5.41) is 22.4. The fraction of sp³-hybridized carbons (Fsp3) is 0.200. The van der Waals surface area contributed by atoms with Gasteiger partial charge in [0.15, 0.2) is 0 Å². The van der Waals surface area contributed by atoms with Gasteiger partial charge in [0, 0.05) is 22.3 Å². The summed E-state index contributed by atoms with van der Waals surface area (Å²) in [5.41, 5.74) is 2.99. The van der Waals surface area contributed by atoms with Crippen LogP contribution in [0.1, 0.15) is 24.1 Å². The smallest absolute Gasteiger partial charge is 0.119 e. The van der Waals surface area contributed by atoms with E-state index in [4.69, 9.17) is 0 Å². The number of rotatable bonds is 3. The molecule has 0 bridgehead atoms. The lowest BCUT2D eigenvalue weighted by Gasteiger charge is -2.18. The maximum atomic E-state index is 9.51. The van der Waals surface area contributed by atoms with Crippen molar-refractivity contribution < 1.29 is 10.2 Å². The first kappa shape index (κ1) is 13.7. The summed E-state index contributed by atoms with van der Waals surface area (Å²) in [6.07, 6.45) is 0. The highest BCUT2D eigenvalue weighted by atomic mass is 79.9. The molecule has 4 heteroatoms. The zero-order valence-electron chi connectivity index (χ0n) is 10.8. The van der Waals surface area contributed by atoms with Crippen molar-refractivity contribution in [3.05, 3.63) is 52.0 Å². The Bertz CT molecular complexity index is 578. The highest BCUT2D eigenvalue weighted by Crippen LogP contribution is 2.29. The van der Waals surface area contributed by atoms with Gasteiger partial charge in [-0.05, 0) is 49.2 Å². The zero-order valence-corrected chi connectivity index (χ0v) is 12.4. The van der Waals surface area contributed by atoms with Crippen LogP contribution in [0.2, 0.25) is 0 Å². The molecule has 1 atom stereocenters. The minimum absolute atomic E-state index is 0.0222. The van der Waals surface area contributed by atoms with Gasteiger partial charge >= 0.3 is 0 Å². The van der Waals surface area contributed by atoms with E-state index >= 15 is 0 Å². The first-order chi connectivity index (χ1) is 8.95. The summed E-state index contributed by atoms with van der Waals surface area (Å²) < 4.78 is 1.01. The van der Waals surface area contributed by atoms with Crippen molar-refractivity contribution in [2.45, 2.75) is 19.9 Å². The Hall–Kier alpha value is -1.68. The van der Waals surface area contributed by atoms with Crippen LogP contribution >= 0.6 is 15.9 Å². The van der Waals surface area contributed by atoms with Gasteiger partial charge in [-0.2, -0.15) is 0 Å². The number of benzene rings is 2. The molecule has 0 aliphatic rings. The average Bonchev–Trinajstić information content (AvgIpc) is 2.32. The molecule has 3 N–H and O–H groups in total. The second-order valence-electron chi connectivity index (χ2n) is 4.61. The van der Waals surface area contributed by atoms with Crippen LogP contribution in [-0.2, 0) is 0 Å². The third kappa shape index (κ3) is 3.41. The molecular formula is C15H16BrNO2. The van der Waals surface area contributed by atoms with E-state index in [1.54, 1.807) is 12.1 Å². The number of phenolic OH excluding ortho intramolecular Hbond substituents is 2. The quantitative estimate of drug-likeness (QED) is 0.788. The van der Waals surface area contributed by atoms with E-state index in [1.807, 2.05) is 32.0 Å². The zero-order chi connectivity index (χ0) is 14.0. The summed E-state index contributed by atoms with van der Waals surface area (Å²) >= 11 is 3.45. The molecule has 0 fully saturated rings. The van der Waals surface area contributed by atoms with Crippen LogP contribution in [-0.4, -0.2) is 10.2 Å². The Morgan fingerprint density at radius 2 is 1.68 bits per heavy atom. The highest BCUT2D eigenvalue weighted by Gasteiger charge is 2.09. The van der Waals surface area contributed by atoms with Gasteiger partial charge in [-0.1, -0.05) is 22.0 Å². The lowest BCUT2D eigenvalue weighted by molar-refractivity contribution is 0.448. The van der Waals surface area contributed by atoms with Crippen molar-refractivity contribution in [3.63, 3.8) is 0 Å². The number of hydrogen-bond donors (Lipinski definition) is 3. The van der Waals surface area contributed by atoms with Gasteiger partial charge in [0.25, 0.3) is 0 Å². The standard InChI is InChI=1S/C15H16BrNO2/c1-9-3-4-12(16)7-15(9)17-10(2)11-5-13(18)8-14(19)6-11/h3-8,10,17-19H,1-2H3. The van der Waals surface area contributed by atoms with Crippen molar-refractivity contribution in [3.8, 4) is 11.5 Å². The van der Waals surface area contributed by atoms with Crippen molar-refractivity contribution in [2.75, 3.05) is 5.32 Å². The molecule has 100 valence electrons. The summed E-state index contributed by atoms with van der Waals surface area (Å²) in [6, 6.07) is 10.6. The lowest BCUT2D eigenvalue weighted by Crippen LogP contribution is -2.07. The fourth-order valence-electron chi connectivity index (χ4n) is 1.93. The minimum Gasteiger partial charge on any atom is -0.508 e. The van der Waals surface area contributed by atoms with Crippen LogP contribution < -0.4 is 5.32 Å². The predicted octanol–water partition coefficient (Wildman–Crippen LogP) is 4.34. The van der Waals surface area contributed by atoms with E-state index in [-0.39, 0.29) is 17.5 Å². The van der Waals surface area contributed by atoms with Crippen LogP contribution in [0, 0.1) is 6.92 Å². The summed E-state index contributed by atoms with van der Waals surface area (Å²) in [6.45, 7) is 4.01. The maximum absolute atomic E-state index is 9.51. The minimum atomic E-state index is -0.0222. The Morgan fingerprint density at radius 1 is 1.05 bits per heavy atom. The molecule has 0 saturated heterocycles. The molecule has 19 heavy (non-hydrogen) atoms. The van der Waals surface area contributed by atoms with Gasteiger partial charge in [-0.15, -0.1) is 0 Å². The highest BCUT2D eigenvalue weighted by molar-refractivity contribution is 9.10.